The Kier molecular flexibility index (Phi) is 8.70. The second kappa shape index (κ2) is 13.9. The molecule has 0 atom stereocenters. The quantitative estimate of drug-likeness (QED) is 0.159. The van der Waals surface area contributed by atoms with Crippen molar-refractivity contribution in [2.24, 2.45) is 0 Å². The van der Waals surface area contributed by atoms with Gasteiger partial charge >= 0.3 is 0 Å². The highest BCUT2D eigenvalue weighted by Gasteiger charge is 2.22. The van der Waals surface area contributed by atoms with Crippen LogP contribution in [0.25, 0.3) is 66.9 Å². The highest BCUT2D eigenvalue weighted by Crippen LogP contribution is 2.35. The second-order valence-electron chi connectivity index (χ2n) is 13.7. The normalized spacial score (nSPS) is 11.3. The highest BCUT2D eigenvalue weighted by molar-refractivity contribution is 5.80. The lowest BCUT2D eigenvalue weighted by molar-refractivity contribution is 0.641. The maximum absolute atomic E-state index is 4.72. The minimum absolute atomic E-state index is 0.0616. The molecule has 8 aromatic rings. The summed E-state index contributed by atoms with van der Waals surface area (Å²) in [7, 11) is 0. The zero-order chi connectivity index (χ0) is 34.6. The van der Waals surface area contributed by atoms with Crippen molar-refractivity contribution in [3.05, 3.63) is 211 Å². The first-order chi connectivity index (χ1) is 25.0. The average Bonchev–Trinajstić information content (AvgIpc) is 3.22. The van der Waals surface area contributed by atoms with Crippen LogP contribution in [0.15, 0.2) is 200 Å². The fourth-order valence-electron chi connectivity index (χ4n) is 6.99. The maximum atomic E-state index is 4.72. The van der Waals surface area contributed by atoms with Gasteiger partial charge in [0.2, 0.25) is 0 Å². The first-order valence-electron chi connectivity index (χ1n) is 17.6. The van der Waals surface area contributed by atoms with Crippen LogP contribution in [0.5, 0.6) is 0 Å². The molecule has 0 saturated heterocycles. The van der Waals surface area contributed by atoms with Crippen molar-refractivity contribution in [3.63, 3.8) is 0 Å². The Labute approximate surface area is 301 Å². The Hall–Kier alpha value is -6.31. The van der Waals surface area contributed by atoms with E-state index in [1.54, 1.807) is 0 Å². The summed E-state index contributed by atoms with van der Waals surface area (Å²) in [6, 6.07) is 69.8. The third kappa shape index (κ3) is 6.80. The Morgan fingerprint density at radius 1 is 0.294 bits per heavy atom. The fourth-order valence-corrected chi connectivity index (χ4v) is 6.99. The molecule has 0 spiro atoms. The molecule has 0 amide bonds. The van der Waals surface area contributed by atoms with Crippen molar-refractivity contribution in [1.29, 1.82) is 0 Å². The number of nitrogens with zero attached hydrogens (tertiary/aromatic N) is 1. The molecule has 1 heteroatoms. The molecule has 0 radical (unpaired) electrons. The molecule has 7 aromatic carbocycles. The number of rotatable bonds is 8. The number of benzene rings is 7. The van der Waals surface area contributed by atoms with Crippen LogP contribution in [0.1, 0.15) is 25.0 Å². The van der Waals surface area contributed by atoms with E-state index >= 15 is 0 Å². The van der Waals surface area contributed by atoms with Crippen molar-refractivity contribution in [2.75, 3.05) is 0 Å². The van der Waals surface area contributed by atoms with E-state index in [-0.39, 0.29) is 5.41 Å². The van der Waals surface area contributed by atoms with Gasteiger partial charge in [0.15, 0.2) is 0 Å². The molecule has 0 aliphatic carbocycles. The Balaban J connectivity index is 1.05. The van der Waals surface area contributed by atoms with E-state index in [1.165, 1.54) is 66.8 Å². The molecule has 0 N–H and O–H groups in total. The fraction of sp³-hybridized carbons (Fsp3) is 0.0600. The topological polar surface area (TPSA) is 12.9 Å². The molecule has 0 aliphatic heterocycles. The average molecular weight is 654 g/mol. The molecule has 1 aromatic heterocycles. The third-order valence-corrected chi connectivity index (χ3v) is 10.0. The second-order valence-corrected chi connectivity index (χ2v) is 13.7. The molecule has 1 nitrogen and oxygen atoms in total. The number of pyridine rings is 1. The molecule has 0 fully saturated rings. The van der Waals surface area contributed by atoms with Crippen molar-refractivity contribution in [1.82, 2.24) is 4.98 Å². The van der Waals surface area contributed by atoms with Crippen LogP contribution < -0.4 is 0 Å². The van der Waals surface area contributed by atoms with Crippen molar-refractivity contribution in [2.45, 2.75) is 19.3 Å². The minimum Gasteiger partial charge on any atom is -0.256 e. The minimum atomic E-state index is -0.0616. The molecular weight excluding hydrogens is 615 g/mol. The molecule has 51 heavy (non-hydrogen) atoms. The summed E-state index contributed by atoms with van der Waals surface area (Å²) in [5, 5.41) is 0. The van der Waals surface area contributed by atoms with E-state index in [4.69, 9.17) is 4.98 Å². The molecular formula is C50H39N. The van der Waals surface area contributed by atoms with Gasteiger partial charge in [0.1, 0.15) is 0 Å². The summed E-state index contributed by atoms with van der Waals surface area (Å²) in [6.45, 7) is 4.59. The summed E-state index contributed by atoms with van der Waals surface area (Å²) in [4.78, 5) is 4.72. The highest BCUT2D eigenvalue weighted by atomic mass is 14.7. The van der Waals surface area contributed by atoms with Gasteiger partial charge in [-0.15, -0.1) is 0 Å². The van der Waals surface area contributed by atoms with Gasteiger partial charge in [-0.2, -0.15) is 0 Å². The van der Waals surface area contributed by atoms with Crippen LogP contribution in [0.2, 0.25) is 0 Å². The monoisotopic (exact) mass is 653 g/mol. The predicted molar refractivity (Wildman–Crippen MR) is 215 cm³/mol. The number of hydrogen-bond acceptors (Lipinski definition) is 1. The number of aromatic nitrogens is 1. The maximum Gasteiger partial charge on any atom is 0.0708 e. The molecule has 1 heterocycles. The Morgan fingerprint density at radius 2 is 0.647 bits per heavy atom. The van der Waals surface area contributed by atoms with Crippen LogP contribution >= 0.6 is 0 Å². The molecule has 0 aliphatic rings. The van der Waals surface area contributed by atoms with Crippen LogP contribution in [-0.4, -0.2) is 4.98 Å². The molecule has 0 unspecified atom stereocenters. The molecule has 8 rings (SSSR count). The van der Waals surface area contributed by atoms with Crippen molar-refractivity contribution >= 4 is 0 Å². The van der Waals surface area contributed by atoms with Gasteiger partial charge in [-0.1, -0.05) is 172 Å². The summed E-state index contributed by atoms with van der Waals surface area (Å²) >= 11 is 0. The first kappa shape index (κ1) is 31.9. The van der Waals surface area contributed by atoms with Gasteiger partial charge in [0, 0.05) is 17.2 Å². The molecule has 244 valence electrons. The van der Waals surface area contributed by atoms with Gasteiger partial charge in [-0.05, 0) is 103 Å². The summed E-state index contributed by atoms with van der Waals surface area (Å²) < 4.78 is 0. The van der Waals surface area contributed by atoms with E-state index in [0.717, 1.165) is 11.3 Å². The van der Waals surface area contributed by atoms with Crippen LogP contribution in [0.4, 0.5) is 0 Å². The largest absolute Gasteiger partial charge is 0.256 e. The molecule has 0 saturated carbocycles. The van der Waals surface area contributed by atoms with Gasteiger partial charge in [0.05, 0.1) is 5.69 Å². The van der Waals surface area contributed by atoms with Crippen LogP contribution in [0, 0.1) is 0 Å². The Morgan fingerprint density at radius 3 is 1.16 bits per heavy atom. The van der Waals surface area contributed by atoms with E-state index < -0.39 is 0 Å². The van der Waals surface area contributed by atoms with E-state index in [1.807, 2.05) is 12.3 Å². The van der Waals surface area contributed by atoms with Crippen molar-refractivity contribution < 1.29 is 0 Å². The van der Waals surface area contributed by atoms with E-state index in [9.17, 15) is 0 Å². The van der Waals surface area contributed by atoms with E-state index in [0.29, 0.717) is 0 Å². The SMILES string of the molecule is CC(C)(c1ccccc1)c1ccc(-c2cccc(-c3cccc(-c4cccc(-c5cccc(-c6cc(-c7ccccc7)ccn6)c5)c4)c3)c2)cc1. The van der Waals surface area contributed by atoms with Gasteiger partial charge in [-0.3, -0.25) is 4.98 Å². The van der Waals surface area contributed by atoms with Gasteiger partial charge in [0.25, 0.3) is 0 Å². The zero-order valence-electron chi connectivity index (χ0n) is 29.0. The van der Waals surface area contributed by atoms with Crippen molar-refractivity contribution in [3.8, 4) is 66.9 Å². The summed E-state index contributed by atoms with van der Waals surface area (Å²) in [5.41, 5.74) is 16.6. The van der Waals surface area contributed by atoms with Gasteiger partial charge < -0.3 is 0 Å². The zero-order valence-corrected chi connectivity index (χ0v) is 29.0. The van der Waals surface area contributed by atoms with Crippen LogP contribution in [-0.2, 0) is 5.41 Å². The standard InChI is InChI=1S/C50H39N/c1-50(2,47-23-7-4-8-24-47)48-27-25-37(26-28-48)38-15-9-16-39(31-38)40-17-10-18-41(32-40)42-19-11-20-43(33-42)44-21-12-22-46(34-44)49-35-45(29-30-51-49)36-13-5-3-6-14-36/h3-35H,1-2H3. The first-order valence-corrected chi connectivity index (χ1v) is 17.6. The Bertz CT molecular complexity index is 2420. The predicted octanol–water partition coefficient (Wildman–Crippen LogP) is 13.4. The lowest BCUT2D eigenvalue weighted by Crippen LogP contribution is -2.18. The van der Waals surface area contributed by atoms with Crippen LogP contribution in [0.3, 0.4) is 0 Å². The molecule has 0 bridgehead atoms. The third-order valence-electron chi connectivity index (χ3n) is 10.0. The summed E-state index contributed by atoms with van der Waals surface area (Å²) in [5.74, 6) is 0. The lowest BCUT2D eigenvalue weighted by Gasteiger charge is -2.26. The van der Waals surface area contributed by atoms with E-state index in [2.05, 4.69) is 202 Å². The number of hydrogen-bond donors (Lipinski definition) is 0. The lowest BCUT2D eigenvalue weighted by atomic mass is 9.78. The van der Waals surface area contributed by atoms with Gasteiger partial charge in [-0.25, -0.2) is 0 Å². The summed E-state index contributed by atoms with van der Waals surface area (Å²) in [6.07, 6.45) is 1.90. The smallest absolute Gasteiger partial charge is 0.0708 e.